The molecule has 1 fully saturated rings. The molecule has 0 saturated carbocycles. The smallest absolute Gasteiger partial charge is 0.264 e. The molecule has 1 aliphatic heterocycles. The van der Waals surface area contributed by atoms with E-state index in [2.05, 4.69) is 4.72 Å². The van der Waals surface area contributed by atoms with Gasteiger partial charge in [-0.3, -0.25) is 9.52 Å². The number of carbonyl (C=O) groups excluding carboxylic acids is 1. The van der Waals surface area contributed by atoms with Gasteiger partial charge in [0.05, 0.1) is 5.56 Å². The number of benzene rings is 1. The number of likely N-dealkylation sites (tertiary alicyclic amines) is 1. The van der Waals surface area contributed by atoms with Crippen molar-refractivity contribution in [3.63, 3.8) is 0 Å². The average Bonchev–Trinajstić information content (AvgIpc) is 2.86. The van der Waals surface area contributed by atoms with Crippen LogP contribution in [-0.2, 0) is 17.1 Å². The molecule has 7 heteroatoms. The Bertz CT molecular complexity index is 971. The van der Waals surface area contributed by atoms with E-state index in [1.807, 2.05) is 13.0 Å². The maximum atomic E-state index is 13.2. The highest BCUT2D eigenvalue weighted by molar-refractivity contribution is 7.92. The minimum atomic E-state index is -3.90. The summed E-state index contributed by atoms with van der Waals surface area (Å²) < 4.78 is 30.8. The monoisotopic (exact) mass is 389 g/mol. The lowest BCUT2D eigenvalue weighted by Gasteiger charge is -2.27. The fraction of sp³-hybridized carbons (Fsp3) is 0.450. The van der Waals surface area contributed by atoms with Crippen LogP contribution in [0.3, 0.4) is 0 Å². The SMILES string of the molecule is Cc1cccc(NS(=O)(=O)c2c(C(=O)N3CCCCC3)c(C)n(C)c2C)c1. The molecule has 2 heterocycles. The van der Waals surface area contributed by atoms with E-state index >= 15 is 0 Å². The highest BCUT2D eigenvalue weighted by Crippen LogP contribution is 2.30. The Morgan fingerprint density at radius 2 is 1.70 bits per heavy atom. The summed E-state index contributed by atoms with van der Waals surface area (Å²) in [6.07, 6.45) is 3.02. The van der Waals surface area contributed by atoms with Crippen molar-refractivity contribution < 1.29 is 13.2 Å². The third kappa shape index (κ3) is 3.74. The van der Waals surface area contributed by atoms with Gasteiger partial charge in [0, 0.05) is 37.2 Å². The first-order valence-electron chi connectivity index (χ1n) is 9.27. The molecule has 0 radical (unpaired) electrons. The molecule has 3 rings (SSSR count). The van der Waals surface area contributed by atoms with Crippen LogP contribution in [0.1, 0.15) is 46.6 Å². The van der Waals surface area contributed by atoms with Gasteiger partial charge in [0.2, 0.25) is 0 Å². The molecule has 1 aromatic heterocycles. The molecule has 0 unspecified atom stereocenters. The summed E-state index contributed by atoms with van der Waals surface area (Å²) in [6, 6.07) is 7.19. The molecule has 1 saturated heterocycles. The predicted molar refractivity (Wildman–Crippen MR) is 107 cm³/mol. The van der Waals surface area contributed by atoms with E-state index in [1.165, 1.54) is 0 Å². The molecule has 6 nitrogen and oxygen atoms in total. The molecule has 27 heavy (non-hydrogen) atoms. The fourth-order valence-corrected chi connectivity index (χ4v) is 5.24. The summed E-state index contributed by atoms with van der Waals surface area (Å²) >= 11 is 0. The number of anilines is 1. The Labute approximate surface area is 161 Å². The molecule has 1 amide bonds. The number of aryl methyl sites for hydroxylation is 1. The molecule has 0 spiro atoms. The maximum absolute atomic E-state index is 13.2. The number of aromatic nitrogens is 1. The number of carbonyl (C=O) groups is 1. The Kier molecular flexibility index (Phi) is 5.33. The van der Waals surface area contributed by atoms with Crippen LogP contribution in [0.15, 0.2) is 29.2 Å². The van der Waals surface area contributed by atoms with Crippen molar-refractivity contribution in [2.24, 2.45) is 7.05 Å². The number of piperidine rings is 1. The minimum Gasteiger partial charge on any atom is -0.350 e. The van der Waals surface area contributed by atoms with Gasteiger partial charge in [-0.15, -0.1) is 0 Å². The van der Waals surface area contributed by atoms with Gasteiger partial charge in [-0.2, -0.15) is 0 Å². The van der Waals surface area contributed by atoms with Crippen LogP contribution in [0.5, 0.6) is 0 Å². The van der Waals surface area contributed by atoms with Crippen molar-refractivity contribution in [3.05, 3.63) is 46.8 Å². The lowest BCUT2D eigenvalue weighted by Crippen LogP contribution is -2.36. The van der Waals surface area contributed by atoms with Crippen LogP contribution in [0, 0.1) is 20.8 Å². The van der Waals surface area contributed by atoms with Gasteiger partial charge < -0.3 is 9.47 Å². The molecule has 1 N–H and O–H groups in total. The van der Waals surface area contributed by atoms with Gasteiger partial charge in [-0.1, -0.05) is 12.1 Å². The van der Waals surface area contributed by atoms with Gasteiger partial charge in [0.1, 0.15) is 4.90 Å². The molecule has 1 aromatic carbocycles. The zero-order valence-electron chi connectivity index (χ0n) is 16.4. The van der Waals surface area contributed by atoms with Crippen LogP contribution >= 0.6 is 0 Å². The predicted octanol–water partition coefficient (Wildman–Crippen LogP) is 3.38. The number of nitrogens with one attached hydrogen (secondary N) is 1. The summed E-state index contributed by atoms with van der Waals surface area (Å²) in [5.74, 6) is -0.194. The van der Waals surface area contributed by atoms with E-state index in [-0.39, 0.29) is 16.4 Å². The topological polar surface area (TPSA) is 71.4 Å². The second-order valence-electron chi connectivity index (χ2n) is 7.26. The number of amides is 1. The van der Waals surface area contributed by atoms with Gasteiger partial charge >= 0.3 is 0 Å². The Morgan fingerprint density at radius 1 is 1.04 bits per heavy atom. The number of nitrogens with zero attached hydrogens (tertiary/aromatic N) is 2. The van der Waals surface area contributed by atoms with Crippen molar-refractivity contribution in [1.29, 1.82) is 0 Å². The zero-order chi connectivity index (χ0) is 19.8. The first-order chi connectivity index (χ1) is 12.7. The van der Waals surface area contributed by atoms with Crippen molar-refractivity contribution in [1.82, 2.24) is 9.47 Å². The largest absolute Gasteiger partial charge is 0.350 e. The van der Waals surface area contributed by atoms with E-state index in [9.17, 15) is 13.2 Å². The summed E-state index contributed by atoms with van der Waals surface area (Å²) in [5.41, 5.74) is 2.98. The molecule has 0 bridgehead atoms. The van der Waals surface area contributed by atoms with E-state index in [1.54, 1.807) is 48.6 Å². The number of hydrogen-bond acceptors (Lipinski definition) is 3. The molecule has 0 aliphatic carbocycles. The lowest BCUT2D eigenvalue weighted by atomic mass is 10.1. The van der Waals surface area contributed by atoms with Crippen molar-refractivity contribution >= 4 is 21.6 Å². The second kappa shape index (κ2) is 7.38. The second-order valence-corrected chi connectivity index (χ2v) is 8.88. The van der Waals surface area contributed by atoms with Crippen molar-refractivity contribution in [3.8, 4) is 0 Å². The van der Waals surface area contributed by atoms with Gasteiger partial charge in [0.15, 0.2) is 0 Å². The highest BCUT2D eigenvalue weighted by atomic mass is 32.2. The Hall–Kier alpha value is -2.28. The van der Waals surface area contributed by atoms with Gasteiger partial charge in [-0.25, -0.2) is 8.42 Å². The lowest BCUT2D eigenvalue weighted by molar-refractivity contribution is 0.0720. The summed E-state index contributed by atoms with van der Waals surface area (Å²) in [5, 5.41) is 0. The summed E-state index contributed by atoms with van der Waals surface area (Å²) in [6.45, 7) is 6.80. The summed E-state index contributed by atoms with van der Waals surface area (Å²) in [4.78, 5) is 15.0. The molecular formula is C20H27N3O3S. The summed E-state index contributed by atoms with van der Waals surface area (Å²) in [7, 11) is -2.10. The third-order valence-corrected chi connectivity index (χ3v) is 6.86. The average molecular weight is 390 g/mol. The van der Waals surface area contributed by atoms with Crippen LogP contribution in [0.2, 0.25) is 0 Å². The molecule has 0 atom stereocenters. The first kappa shape index (κ1) is 19.5. The van der Waals surface area contributed by atoms with Crippen molar-refractivity contribution in [2.75, 3.05) is 17.8 Å². The van der Waals surface area contributed by atoms with E-state index in [0.717, 1.165) is 24.8 Å². The first-order valence-corrected chi connectivity index (χ1v) is 10.8. The normalized spacial score (nSPS) is 15.0. The van der Waals surface area contributed by atoms with E-state index in [4.69, 9.17) is 0 Å². The standard InChI is InChI=1S/C20H27N3O3S/c1-14-9-8-10-17(13-14)21-27(25,26)19-16(3)22(4)15(2)18(19)20(24)23-11-6-5-7-12-23/h8-10,13,21H,5-7,11-12H2,1-4H3. The van der Waals surface area contributed by atoms with Crippen molar-refractivity contribution in [2.45, 2.75) is 44.9 Å². The minimum absolute atomic E-state index is 0.0829. The molecule has 2 aromatic rings. The number of hydrogen-bond donors (Lipinski definition) is 1. The fourth-order valence-electron chi connectivity index (χ4n) is 3.67. The number of rotatable bonds is 4. The Balaban J connectivity index is 2.06. The van der Waals surface area contributed by atoms with Gasteiger partial charge in [0.25, 0.3) is 15.9 Å². The van der Waals surface area contributed by atoms with Crippen LogP contribution < -0.4 is 4.72 Å². The van der Waals surface area contributed by atoms with E-state index in [0.29, 0.717) is 30.2 Å². The van der Waals surface area contributed by atoms with Crippen LogP contribution in [0.25, 0.3) is 0 Å². The van der Waals surface area contributed by atoms with Crippen LogP contribution in [0.4, 0.5) is 5.69 Å². The Morgan fingerprint density at radius 3 is 2.33 bits per heavy atom. The quantitative estimate of drug-likeness (QED) is 0.871. The maximum Gasteiger partial charge on any atom is 0.264 e. The third-order valence-electron chi connectivity index (χ3n) is 5.32. The molecule has 146 valence electrons. The molecular weight excluding hydrogens is 362 g/mol. The van der Waals surface area contributed by atoms with Gasteiger partial charge in [-0.05, 0) is 57.7 Å². The molecule has 1 aliphatic rings. The van der Waals surface area contributed by atoms with E-state index < -0.39 is 10.0 Å². The van der Waals surface area contributed by atoms with Crippen LogP contribution in [-0.4, -0.2) is 36.9 Å². The zero-order valence-corrected chi connectivity index (χ0v) is 17.2. The number of sulfonamides is 1. The highest BCUT2D eigenvalue weighted by Gasteiger charge is 2.33.